The maximum atomic E-state index is 11.4. The van der Waals surface area contributed by atoms with Crippen molar-refractivity contribution in [3.8, 4) is 0 Å². The molecule has 0 spiro atoms. The van der Waals surface area contributed by atoms with Crippen molar-refractivity contribution in [2.24, 2.45) is 0 Å². The number of thiazole rings is 1. The van der Waals surface area contributed by atoms with Crippen molar-refractivity contribution in [3.63, 3.8) is 0 Å². The first-order chi connectivity index (χ1) is 5.83. The number of nitrogens with one attached hydrogen (secondary N) is 1. The number of aromatic nitrogens is 1. The van der Waals surface area contributed by atoms with Gasteiger partial charge in [-0.05, 0) is 23.5 Å². The summed E-state index contributed by atoms with van der Waals surface area (Å²) in [6.07, 6.45) is 0. The third-order valence-corrected chi connectivity index (χ3v) is 2.82. The Morgan fingerprint density at radius 2 is 2.17 bits per heavy atom. The van der Waals surface area contributed by atoms with E-state index >= 15 is 0 Å². The highest BCUT2D eigenvalue weighted by Crippen LogP contribution is 2.22. The zero-order chi connectivity index (χ0) is 8.55. The minimum absolute atomic E-state index is 0.635. The average molecular weight is 180 g/mol. The van der Waals surface area contributed by atoms with Crippen molar-refractivity contribution < 1.29 is 4.73 Å². The first-order valence-corrected chi connectivity index (χ1v) is 4.43. The van der Waals surface area contributed by atoms with Gasteiger partial charge in [-0.15, -0.1) is 0 Å². The second kappa shape index (κ2) is 2.64. The number of rotatable bonds is 1. The number of hydrogen-bond donors (Lipinski definition) is 1. The van der Waals surface area contributed by atoms with Gasteiger partial charge in [0.05, 0.1) is 11.7 Å². The molecule has 0 amide bonds. The van der Waals surface area contributed by atoms with E-state index < -0.39 is 0 Å². The molecule has 0 saturated heterocycles. The Hall–Kier alpha value is -1.29. The summed E-state index contributed by atoms with van der Waals surface area (Å²) >= 11 is 1.46. The van der Waals surface area contributed by atoms with Crippen molar-refractivity contribution >= 4 is 26.7 Å². The Balaban J connectivity index is 2.78. The molecule has 1 aromatic heterocycles. The molecular formula is C8H8N2OS. The molecular weight excluding hydrogens is 172 g/mol. The molecule has 1 heterocycles. The largest absolute Gasteiger partial charge is 0.710 e. The van der Waals surface area contributed by atoms with E-state index in [9.17, 15) is 5.21 Å². The van der Waals surface area contributed by atoms with Gasteiger partial charge in [-0.3, -0.25) is 5.32 Å². The Kier molecular flexibility index (Phi) is 1.62. The van der Waals surface area contributed by atoms with E-state index in [1.807, 2.05) is 24.3 Å². The van der Waals surface area contributed by atoms with Gasteiger partial charge >= 0.3 is 5.13 Å². The summed E-state index contributed by atoms with van der Waals surface area (Å²) in [6, 6.07) is 7.55. The SMILES string of the molecule is CNc1sc2ccccc2[n+]1[O-]. The molecule has 12 heavy (non-hydrogen) atoms. The van der Waals surface area contributed by atoms with Gasteiger partial charge in [0.2, 0.25) is 0 Å². The van der Waals surface area contributed by atoms with Gasteiger partial charge in [0.25, 0.3) is 0 Å². The van der Waals surface area contributed by atoms with Crippen LogP contribution in [-0.2, 0) is 0 Å². The molecule has 1 N–H and O–H groups in total. The maximum absolute atomic E-state index is 11.4. The Bertz CT molecular complexity index is 410. The number of benzene rings is 1. The number of para-hydroxylation sites is 1. The predicted molar refractivity (Wildman–Crippen MR) is 50.3 cm³/mol. The summed E-state index contributed by atoms with van der Waals surface area (Å²) in [4.78, 5) is 0. The molecule has 1 aromatic carbocycles. The van der Waals surface area contributed by atoms with Crippen molar-refractivity contribution in [1.29, 1.82) is 0 Å². The molecule has 4 heteroatoms. The molecule has 0 saturated carbocycles. The van der Waals surface area contributed by atoms with Crippen LogP contribution in [0.3, 0.4) is 0 Å². The van der Waals surface area contributed by atoms with E-state index in [1.54, 1.807) is 7.05 Å². The quantitative estimate of drug-likeness (QED) is 0.534. The molecule has 0 fully saturated rings. The highest BCUT2D eigenvalue weighted by Gasteiger charge is 2.08. The lowest BCUT2D eigenvalue weighted by Crippen LogP contribution is -2.26. The second-order valence-electron chi connectivity index (χ2n) is 2.42. The fraction of sp³-hybridized carbons (Fsp3) is 0.125. The van der Waals surface area contributed by atoms with E-state index in [-0.39, 0.29) is 0 Å². The number of anilines is 1. The van der Waals surface area contributed by atoms with Crippen LogP contribution in [0.2, 0.25) is 0 Å². The van der Waals surface area contributed by atoms with Gasteiger partial charge in [-0.2, -0.15) is 0 Å². The second-order valence-corrected chi connectivity index (χ2v) is 3.45. The molecule has 62 valence electrons. The molecule has 0 aliphatic heterocycles. The van der Waals surface area contributed by atoms with E-state index in [0.717, 1.165) is 14.9 Å². The third-order valence-electron chi connectivity index (χ3n) is 1.69. The molecule has 0 atom stereocenters. The van der Waals surface area contributed by atoms with Crippen LogP contribution in [-0.4, -0.2) is 7.05 Å². The van der Waals surface area contributed by atoms with E-state index in [4.69, 9.17) is 0 Å². The molecule has 0 aliphatic rings. The molecule has 0 unspecified atom stereocenters. The van der Waals surface area contributed by atoms with E-state index in [0.29, 0.717) is 5.13 Å². The summed E-state index contributed by atoms with van der Waals surface area (Å²) in [7, 11) is 1.75. The van der Waals surface area contributed by atoms with Gasteiger partial charge in [-0.1, -0.05) is 12.1 Å². The average Bonchev–Trinajstić information content (AvgIpc) is 2.44. The lowest BCUT2D eigenvalue weighted by atomic mass is 10.3. The van der Waals surface area contributed by atoms with Crippen LogP contribution in [0.15, 0.2) is 24.3 Å². The third kappa shape index (κ3) is 0.921. The van der Waals surface area contributed by atoms with Gasteiger partial charge in [0.15, 0.2) is 0 Å². The highest BCUT2D eigenvalue weighted by atomic mass is 32.1. The molecule has 2 rings (SSSR count). The maximum Gasteiger partial charge on any atom is 0.337 e. The van der Waals surface area contributed by atoms with Crippen LogP contribution >= 0.6 is 11.3 Å². The molecule has 0 bridgehead atoms. The van der Waals surface area contributed by atoms with Gasteiger partial charge in [0, 0.05) is 0 Å². The minimum Gasteiger partial charge on any atom is -0.710 e. The Morgan fingerprint density at radius 1 is 1.42 bits per heavy atom. The van der Waals surface area contributed by atoms with Crippen molar-refractivity contribution in [3.05, 3.63) is 29.5 Å². The standard InChI is InChI=1S/C8H8N2OS/c1-9-8-10(11)6-4-2-3-5-7(6)12-8/h2-5,9H,1H3. The number of hydrogen-bond acceptors (Lipinski definition) is 3. The van der Waals surface area contributed by atoms with E-state index in [2.05, 4.69) is 5.32 Å². The topological polar surface area (TPSA) is 39.0 Å². The first-order valence-electron chi connectivity index (χ1n) is 3.62. The van der Waals surface area contributed by atoms with Crippen LogP contribution in [0.1, 0.15) is 0 Å². The molecule has 0 radical (unpaired) electrons. The van der Waals surface area contributed by atoms with Crippen molar-refractivity contribution in [2.75, 3.05) is 12.4 Å². The predicted octanol–water partition coefficient (Wildman–Crippen LogP) is 1.58. The van der Waals surface area contributed by atoms with Crippen molar-refractivity contribution in [1.82, 2.24) is 0 Å². The van der Waals surface area contributed by atoms with Gasteiger partial charge in [0.1, 0.15) is 5.52 Å². The summed E-state index contributed by atoms with van der Waals surface area (Å²) in [5.41, 5.74) is 0.729. The van der Waals surface area contributed by atoms with Gasteiger partial charge < -0.3 is 5.21 Å². The first kappa shape index (κ1) is 7.36. The van der Waals surface area contributed by atoms with Crippen molar-refractivity contribution in [2.45, 2.75) is 0 Å². The minimum atomic E-state index is 0.635. The fourth-order valence-electron chi connectivity index (χ4n) is 1.12. The van der Waals surface area contributed by atoms with E-state index in [1.165, 1.54) is 11.3 Å². The number of fused-ring (bicyclic) bond motifs is 1. The summed E-state index contributed by atoms with van der Waals surface area (Å²) in [5.74, 6) is 0. The lowest BCUT2D eigenvalue weighted by Gasteiger charge is -1.99. The molecule has 0 aliphatic carbocycles. The van der Waals surface area contributed by atoms with Crippen LogP contribution in [0, 0.1) is 5.21 Å². The smallest absolute Gasteiger partial charge is 0.337 e. The summed E-state index contributed by atoms with van der Waals surface area (Å²) < 4.78 is 1.93. The summed E-state index contributed by atoms with van der Waals surface area (Å²) in [5, 5.41) is 14.9. The summed E-state index contributed by atoms with van der Waals surface area (Å²) in [6.45, 7) is 0. The normalized spacial score (nSPS) is 10.4. The Labute approximate surface area is 73.8 Å². The molecule has 3 nitrogen and oxygen atoms in total. The Morgan fingerprint density at radius 3 is 2.83 bits per heavy atom. The van der Waals surface area contributed by atoms with Gasteiger partial charge in [-0.25, -0.2) is 4.73 Å². The van der Waals surface area contributed by atoms with Crippen LogP contribution in [0.25, 0.3) is 10.2 Å². The van der Waals surface area contributed by atoms with Crippen LogP contribution < -0.4 is 10.0 Å². The fourth-order valence-corrected chi connectivity index (χ4v) is 2.01. The van der Waals surface area contributed by atoms with Crippen LogP contribution in [0.4, 0.5) is 5.13 Å². The zero-order valence-electron chi connectivity index (χ0n) is 6.57. The highest BCUT2D eigenvalue weighted by molar-refractivity contribution is 7.21. The van der Waals surface area contributed by atoms with Crippen LogP contribution in [0.5, 0.6) is 0 Å². The number of nitrogens with zero attached hydrogens (tertiary/aromatic N) is 1. The monoisotopic (exact) mass is 180 g/mol. The molecule has 2 aromatic rings. The zero-order valence-corrected chi connectivity index (χ0v) is 7.39. The lowest BCUT2D eigenvalue weighted by molar-refractivity contribution is -0.557.